The first-order valence-corrected chi connectivity index (χ1v) is 7.85. The van der Waals surface area contributed by atoms with E-state index in [-0.39, 0.29) is 0 Å². The zero-order valence-corrected chi connectivity index (χ0v) is 13.4. The van der Waals surface area contributed by atoms with Gasteiger partial charge in [-0.3, -0.25) is 0 Å². The molecule has 1 saturated carbocycles. The maximum atomic E-state index is 6.01. The zero-order valence-electron chi connectivity index (χ0n) is 11.1. The van der Waals surface area contributed by atoms with Crippen molar-refractivity contribution >= 4 is 33.2 Å². The summed E-state index contributed by atoms with van der Waals surface area (Å²) in [5, 5.41) is 4.40. The van der Waals surface area contributed by atoms with Gasteiger partial charge in [-0.05, 0) is 65.2 Å². The van der Waals surface area contributed by atoms with E-state index in [0.29, 0.717) is 11.5 Å². The smallest absolute Gasteiger partial charge is 0.0549 e. The number of rotatable bonds is 2. The van der Waals surface area contributed by atoms with Gasteiger partial charge in [0.2, 0.25) is 0 Å². The van der Waals surface area contributed by atoms with E-state index in [0.717, 1.165) is 15.2 Å². The van der Waals surface area contributed by atoms with E-state index in [1.807, 2.05) is 6.07 Å². The number of benzene rings is 1. The molecule has 1 N–H and O–H groups in total. The number of anilines is 1. The van der Waals surface area contributed by atoms with Gasteiger partial charge in [-0.2, -0.15) is 0 Å². The summed E-state index contributed by atoms with van der Waals surface area (Å²) in [5.41, 5.74) is 1.67. The van der Waals surface area contributed by atoms with E-state index in [4.69, 9.17) is 11.6 Å². The van der Waals surface area contributed by atoms with Gasteiger partial charge in [-0.25, -0.2) is 0 Å². The maximum absolute atomic E-state index is 6.01. The molecule has 0 saturated heterocycles. The van der Waals surface area contributed by atoms with Gasteiger partial charge in [0.25, 0.3) is 0 Å². The predicted molar refractivity (Wildman–Crippen MR) is 83.4 cm³/mol. The molecule has 1 aromatic carbocycles. The van der Waals surface area contributed by atoms with Gasteiger partial charge < -0.3 is 5.32 Å². The molecule has 1 unspecified atom stereocenters. The molecule has 3 heteroatoms. The van der Waals surface area contributed by atoms with E-state index in [1.54, 1.807) is 0 Å². The van der Waals surface area contributed by atoms with Crippen molar-refractivity contribution in [2.75, 3.05) is 5.32 Å². The Morgan fingerprint density at radius 1 is 1.28 bits per heavy atom. The predicted octanol–water partition coefficient (Wildman–Crippen LogP) is 5.87. The second-order valence-corrected chi connectivity index (χ2v) is 7.33. The minimum absolute atomic E-state index is 0.511. The third-order valence-corrected chi connectivity index (χ3v) is 5.08. The maximum Gasteiger partial charge on any atom is 0.0549 e. The molecule has 0 aromatic heterocycles. The molecule has 18 heavy (non-hydrogen) atoms. The summed E-state index contributed by atoms with van der Waals surface area (Å²) in [6.07, 6.45) is 6.49. The molecular weight excluding hydrogens is 310 g/mol. The molecule has 100 valence electrons. The fourth-order valence-corrected chi connectivity index (χ4v) is 3.12. The fourth-order valence-electron chi connectivity index (χ4n) is 2.63. The van der Waals surface area contributed by atoms with Crippen molar-refractivity contribution in [1.82, 2.24) is 0 Å². The molecule has 1 fully saturated rings. The van der Waals surface area contributed by atoms with Crippen LogP contribution in [0.4, 0.5) is 5.69 Å². The van der Waals surface area contributed by atoms with Gasteiger partial charge in [0.05, 0.1) is 5.02 Å². The SMILES string of the molecule is CC1(C)CCCC(Nc2ccc(Cl)c(Br)c2)CC1. The van der Waals surface area contributed by atoms with Crippen LogP contribution in [0.15, 0.2) is 22.7 Å². The van der Waals surface area contributed by atoms with Crippen molar-refractivity contribution in [2.45, 2.75) is 52.0 Å². The standard InChI is InChI=1S/C15H21BrClN/c1-15(2)8-3-4-11(7-9-15)18-12-5-6-14(17)13(16)10-12/h5-6,10-11,18H,3-4,7-9H2,1-2H3. The number of halogens is 2. The molecule has 0 aliphatic heterocycles. The highest BCUT2D eigenvalue weighted by atomic mass is 79.9. The van der Waals surface area contributed by atoms with Crippen molar-refractivity contribution in [2.24, 2.45) is 5.41 Å². The van der Waals surface area contributed by atoms with Crippen LogP contribution in [0.2, 0.25) is 5.02 Å². The first-order valence-electron chi connectivity index (χ1n) is 6.68. The summed E-state index contributed by atoms with van der Waals surface area (Å²) in [4.78, 5) is 0. The summed E-state index contributed by atoms with van der Waals surface area (Å²) in [6, 6.07) is 6.66. The van der Waals surface area contributed by atoms with Crippen molar-refractivity contribution in [3.63, 3.8) is 0 Å². The summed E-state index contributed by atoms with van der Waals surface area (Å²) in [5.74, 6) is 0. The largest absolute Gasteiger partial charge is 0.382 e. The highest BCUT2D eigenvalue weighted by Gasteiger charge is 2.24. The van der Waals surface area contributed by atoms with Crippen LogP contribution in [0, 0.1) is 5.41 Å². The van der Waals surface area contributed by atoms with E-state index in [1.165, 1.54) is 32.1 Å². The lowest BCUT2D eigenvalue weighted by molar-refractivity contribution is 0.313. The second kappa shape index (κ2) is 5.83. The summed E-state index contributed by atoms with van der Waals surface area (Å²) >= 11 is 9.48. The van der Waals surface area contributed by atoms with Crippen LogP contribution in [0.5, 0.6) is 0 Å². The first kappa shape index (κ1) is 14.2. The molecule has 1 nitrogen and oxygen atoms in total. The Labute approximate surface area is 123 Å². The van der Waals surface area contributed by atoms with Crippen molar-refractivity contribution in [1.29, 1.82) is 0 Å². The highest BCUT2D eigenvalue weighted by molar-refractivity contribution is 9.10. The first-order chi connectivity index (χ1) is 8.46. The van der Waals surface area contributed by atoms with Crippen molar-refractivity contribution < 1.29 is 0 Å². The number of hydrogen-bond acceptors (Lipinski definition) is 1. The minimum Gasteiger partial charge on any atom is -0.382 e. The minimum atomic E-state index is 0.511. The third-order valence-electron chi connectivity index (χ3n) is 3.87. The van der Waals surface area contributed by atoms with Crippen LogP contribution in [-0.2, 0) is 0 Å². The molecular formula is C15H21BrClN. The molecule has 1 atom stereocenters. The van der Waals surface area contributed by atoms with Crippen LogP contribution in [0.3, 0.4) is 0 Å². The lowest BCUT2D eigenvalue weighted by Gasteiger charge is -2.22. The summed E-state index contributed by atoms with van der Waals surface area (Å²) < 4.78 is 0.961. The normalized spacial score (nSPS) is 23.4. The Balaban J connectivity index is 1.98. The third kappa shape index (κ3) is 3.89. The van der Waals surface area contributed by atoms with Crippen LogP contribution < -0.4 is 5.32 Å². The molecule has 0 spiro atoms. The van der Waals surface area contributed by atoms with Gasteiger partial charge in [-0.1, -0.05) is 31.9 Å². The quantitative estimate of drug-likeness (QED) is 0.668. The van der Waals surface area contributed by atoms with Gasteiger partial charge >= 0.3 is 0 Å². The molecule has 0 amide bonds. The van der Waals surface area contributed by atoms with Crippen LogP contribution in [0.25, 0.3) is 0 Å². The Morgan fingerprint density at radius 2 is 2.06 bits per heavy atom. The average Bonchev–Trinajstić information content (AvgIpc) is 2.46. The average molecular weight is 331 g/mol. The molecule has 1 aliphatic rings. The lowest BCUT2D eigenvalue weighted by atomic mass is 9.85. The number of nitrogens with one attached hydrogen (secondary N) is 1. The van der Waals surface area contributed by atoms with E-state index >= 15 is 0 Å². The monoisotopic (exact) mass is 329 g/mol. The molecule has 2 rings (SSSR count). The molecule has 0 heterocycles. The topological polar surface area (TPSA) is 12.0 Å². The van der Waals surface area contributed by atoms with Crippen LogP contribution in [-0.4, -0.2) is 6.04 Å². The lowest BCUT2D eigenvalue weighted by Crippen LogP contribution is -2.19. The van der Waals surface area contributed by atoms with Gasteiger partial charge in [0.1, 0.15) is 0 Å². The van der Waals surface area contributed by atoms with Crippen LogP contribution >= 0.6 is 27.5 Å². The number of hydrogen-bond donors (Lipinski definition) is 1. The van der Waals surface area contributed by atoms with Gasteiger partial charge in [0.15, 0.2) is 0 Å². The summed E-state index contributed by atoms with van der Waals surface area (Å²) in [6.45, 7) is 4.77. The second-order valence-electron chi connectivity index (χ2n) is 6.07. The zero-order chi connectivity index (χ0) is 13.2. The van der Waals surface area contributed by atoms with E-state index < -0.39 is 0 Å². The van der Waals surface area contributed by atoms with E-state index in [2.05, 4.69) is 47.2 Å². The Kier molecular flexibility index (Phi) is 4.60. The van der Waals surface area contributed by atoms with Gasteiger partial charge in [-0.15, -0.1) is 0 Å². The molecule has 0 bridgehead atoms. The highest BCUT2D eigenvalue weighted by Crippen LogP contribution is 2.35. The van der Waals surface area contributed by atoms with Gasteiger partial charge in [0, 0.05) is 16.2 Å². The van der Waals surface area contributed by atoms with Crippen molar-refractivity contribution in [3.8, 4) is 0 Å². The Bertz CT molecular complexity index is 417. The molecule has 1 aliphatic carbocycles. The van der Waals surface area contributed by atoms with E-state index in [9.17, 15) is 0 Å². The Morgan fingerprint density at radius 3 is 2.78 bits per heavy atom. The summed E-state index contributed by atoms with van der Waals surface area (Å²) in [7, 11) is 0. The Hall–Kier alpha value is -0.210. The fraction of sp³-hybridized carbons (Fsp3) is 0.600. The molecule has 0 radical (unpaired) electrons. The van der Waals surface area contributed by atoms with Crippen molar-refractivity contribution in [3.05, 3.63) is 27.7 Å². The van der Waals surface area contributed by atoms with Crippen LogP contribution in [0.1, 0.15) is 46.0 Å². The molecule has 1 aromatic rings.